The highest BCUT2D eigenvalue weighted by atomic mass is 32.2. The Hall–Kier alpha value is -3.65. The molecule has 1 aliphatic heterocycles. The molecule has 10 nitrogen and oxygen atoms in total. The van der Waals surface area contributed by atoms with Gasteiger partial charge in [0.2, 0.25) is 0 Å². The lowest BCUT2D eigenvalue weighted by atomic mass is 9.90. The Kier molecular flexibility index (Phi) is 6.25. The van der Waals surface area contributed by atoms with Crippen LogP contribution in [0.25, 0.3) is 22.1 Å². The van der Waals surface area contributed by atoms with Crippen LogP contribution in [0.1, 0.15) is 43.6 Å². The van der Waals surface area contributed by atoms with Crippen molar-refractivity contribution in [3.05, 3.63) is 54.6 Å². The predicted octanol–water partition coefficient (Wildman–Crippen LogP) is 4.04. The molecule has 1 saturated heterocycles. The van der Waals surface area contributed by atoms with Gasteiger partial charge in [-0.2, -0.15) is 13.2 Å². The van der Waals surface area contributed by atoms with Crippen LogP contribution in [0.4, 0.5) is 18.0 Å². The number of imidazole rings is 1. The van der Waals surface area contributed by atoms with Gasteiger partial charge < -0.3 is 19.9 Å². The topological polar surface area (TPSA) is 120 Å². The van der Waals surface area contributed by atoms with E-state index >= 15 is 0 Å². The first-order chi connectivity index (χ1) is 18.6. The van der Waals surface area contributed by atoms with Crippen molar-refractivity contribution in [2.24, 2.45) is 0 Å². The Morgan fingerprint density at radius 2 is 1.85 bits per heavy atom. The first kappa shape index (κ1) is 25.6. The molecule has 1 amide bonds. The average molecular weight is 563 g/mol. The lowest BCUT2D eigenvalue weighted by molar-refractivity contribution is -0.126. The van der Waals surface area contributed by atoms with Crippen molar-refractivity contribution >= 4 is 38.2 Å². The van der Waals surface area contributed by atoms with Gasteiger partial charge in [0, 0.05) is 23.7 Å². The van der Waals surface area contributed by atoms with E-state index in [4.69, 9.17) is 9.72 Å². The van der Waals surface area contributed by atoms with Crippen molar-refractivity contribution in [2.45, 2.75) is 54.9 Å². The fraction of sp³-hybridized carbons (Fsp3) is 0.400. The van der Waals surface area contributed by atoms with Crippen LogP contribution in [-0.4, -0.2) is 58.4 Å². The highest BCUT2D eigenvalue weighted by Gasteiger charge is 2.35. The standard InChI is InChI=1S/C25H25F3N6O4S/c26-25(27,28)14-30-15-6-8-16(9-7-15)34-21-18-10-11-33(39(36,37)17-4-2-1-3-5-17)22(18)29-12-19(21)31-23(34)20-13-38-24(35)32-20/h1-5,10-12,15-16,20,30H,6-9,13-14H2,(H,32,35). The van der Waals surface area contributed by atoms with Gasteiger partial charge in [0.15, 0.2) is 5.65 Å². The molecule has 0 spiro atoms. The summed E-state index contributed by atoms with van der Waals surface area (Å²) in [6, 6.07) is 8.77. The highest BCUT2D eigenvalue weighted by Crippen LogP contribution is 2.38. The van der Waals surface area contributed by atoms with E-state index in [1.807, 2.05) is 4.57 Å². The van der Waals surface area contributed by atoms with Crippen molar-refractivity contribution in [1.82, 2.24) is 29.1 Å². The Labute approximate surface area is 221 Å². The zero-order chi connectivity index (χ0) is 27.4. The molecule has 1 saturated carbocycles. The number of hydrogen-bond acceptors (Lipinski definition) is 7. The van der Waals surface area contributed by atoms with E-state index in [2.05, 4.69) is 15.6 Å². The molecule has 206 valence electrons. The smallest absolute Gasteiger partial charge is 0.407 e. The van der Waals surface area contributed by atoms with Gasteiger partial charge in [-0.3, -0.25) is 0 Å². The maximum absolute atomic E-state index is 13.4. The number of pyridine rings is 1. The third kappa shape index (κ3) is 4.71. The van der Waals surface area contributed by atoms with Gasteiger partial charge in [-0.1, -0.05) is 18.2 Å². The minimum atomic E-state index is -4.28. The largest absolute Gasteiger partial charge is 0.447 e. The number of nitrogens with zero attached hydrogens (tertiary/aromatic N) is 4. The number of hydrogen-bond donors (Lipinski definition) is 2. The molecule has 2 fully saturated rings. The summed E-state index contributed by atoms with van der Waals surface area (Å²) in [6.07, 6.45) is 0.289. The minimum absolute atomic E-state index is 0.0740. The number of aromatic nitrogens is 4. The number of benzene rings is 1. The molecule has 3 aromatic heterocycles. The lowest BCUT2D eigenvalue weighted by Crippen LogP contribution is -2.39. The molecule has 2 aliphatic rings. The van der Waals surface area contributed by atoms with Crippen LogP contribution in [0, 0.1) is 0 Å². The summed E-state index contributed by atoms with van der Waals surface area (Å²) in [6.45, 7) is -0.965. The van der Waals surface area contributed by atoms with Gasteiger partial charge in [-0.05, 0) is 43.9 Å². The van der Waals surface area contributed by atoms with Gasteiger partial charge in [-0.15, -0.1) is 0 Å². The molecule has 39 heavy (non-hydrogen) atoms. The maximum Gasteiger partial charge on any atom is 0.407 e. The third-order valence-electron chi connectivity index (χ3n) is 7.29. The molecule has 1 aliphatic carbocycles. The highest BCUT2D eigenvalue weighted by molar-refractivity contribution is 7.90. The number of alkyl carbamates (subject to hydrolysis) is 1. The monoisotopic (exact) mass is 562 g/mol. The second-order valence-electron chi connectivity index (χ2n) is 9.80. The third-order valence-corrected chi connectivity index (χ3v) is 8.97. The maximum atomic E-state index is 13.4. The van der Waals surface area contributed by atoms with Gasteiger partial charge in [0.1, 0.15) is 24.0 Å². The normalized spacial score (nSPS) is 22.3. The number of nitrogens with one attached hydrogen (secondary N) is 2. The van der Waals surface area contributed by atoms with E-state index in [1.54, 1.807) is 24.3 Å². The summed E-state index contributed by atoms with van der Waals surface area (Å²) in [5, 5.41) is 5.91. The molecule has 6 rings (SSSR count). The van der Waals surface area contributed by atoms with Crippen LogP contribution in [0.15, 0.2) is 53.7 Å². The van der Waals surface area contributed by atoms with E-state index in [9.17, 15) is 26.4 Å². The Bertz CT molecular complexity index is 1640. The molecule has 2 N–H and O–H groups in total. The van der Waals surface area contributed by atoms with E-state index in [0.29, 0.717) is 47.9 Å². The second-order valence-corrected chi connectivity index (χ2v) is 11.6. The van der Waals surface area contributed by atoms with Crippen LogP contribution >= 0.6 is 0 Å². The molecule has 14 heteroatoms. The predicted molar refractivity (Wildman–Crippen MR) is 135 cm³/mol. The number of carbonyl (C=O) groups is 1. The molecular weight excluding hydrogens is 537 g/mol. The van der Waals surface area contributed by atoms with Crippen molar-refractivity contribution in [1.29, 1.82) is 0 Å². The number of rotatable bonds is 6. The van der Waals surface area contributed by atoms with Crippen molar-refractivity contribution in [2.75, 3.05) is 13.2 Å². The number of carbonyl (C=O) groups excluding carboxylic acids is 1. The van der Waals surface area contributed by atoms with Crippen LogP contribution in [-0.2, 0) is 14.8 Å². The van der Waals surface area contributed by atoms with Crippen LogP contribution in [0.3, 0.4) is 0 Å². The fourth-order valence-corrected chi connectivity index (χ4v) is 6.83. The van der Waals surface area contributed by atoms with Crippen LogP contribution in [0.2, 0.25) is 0 Å². The average Bonchev–Trinajstić information content (AvgIpc) is 3.64. The summed E-state index contributed by atoms with van der Waals surface area (Å²) < 4.78 is 73.2. The van der Waals surface area contributed by atoms with Crippen molar-refractivity contribution in [3.63, 3.8) is 0 Å². The molecular formula is C25H25F3N6O4S. The number of fused-ring (bicyclic) bond motifs is 3. The minimum Gasteiger partial charge on any atom is -0.447 e. The van der Waals surface area contributed by atoms with Gasteiger partial charge in [-0.25, -0.2) is 27.2 Å². The first-order valence-electron chi connectivity index (χ1n) is 12.5. The Morgan fingerprint density at radius 3 is 2.51 bits per heavy atom. The zero-order valence-corrected chi connectivity index (χ0v) is 21.4. The molecule has 1 atom stereocenters. The first-order valence-corrected chi connectivity index (χ1v) is 14.0. The number of alkyl halides is 3. The summed E-state index contributed by atoms with van der Waals surface area (Å²) >= 11 is 0. The quantitative estimate of drug-likeness (QED) is 0.364. The van der Waals surface area contributed by atoms with E-state index in [1.165, 1.54) is 24.5 Å². The van der Waals surface area contributed by atoms with Crippen LogP contribution in [0.5, 0.6) is 0 Å². The lowest BCUT2D eigenvalue weighted by Gasteiger charge is -2.32. The molecule has 4 aromatic rings. The summed E-state index contributed by atoms with van der Waals surface area (Å²) in [5.74, 6) is 0.538. The summed E-state index contributed by atoms with van der Waals surface area (Å²) in [5.41, 5.74) is 1.40. The molecule has 0 bridgehead atoms. The van der Waals surface area contributed by atoms with Crippen molar-refractivity contribution in [3.8, 4) is 0 Å². The molecule has 1 aromatic carbocycles. The second kappa shape index (κ2) is 9.52. The van der Waals surface area contributed by atoms with E-state index in [0.717, 1.165) is 3.97 Å². The summed E-state index contributed by atoms with van der Waals surface area (Å²) in [7, 11) is -3.92. The van der Waals surface area contributed by atoms with Crippen LogP contribution < -0.4 is 10.6 Å². The van der Waals surface area contributed by atoms with Gasteiger partial charge in [0.25, 0.3) is 10.0 Å². The van der Waals surface area contributed by atoms with Gasteiger partial charge >= 0.3 is 12.3 Å². The number of cyclic esters (lactones) is 1. The van der Waals surface area contributed by atoms with Gasteiger partial charge in [0.05, 0.1) is 23.2 Å². The number of ether oxygens (including phenoxy) is 1. The SMILES string of the molecule is O=C1NC(c2nc3cnc4c(ccn4S(=O)(=O)c4ccccc4)c3n2C2CCC(NCC(F)(F)F)CC2)CO1. The van der Waals surface area contributed by atoms with E-state index < -0.39 is 34.9 Å². The van der Waals surface area contributed by atoms with E-state index in [-0.39, 0.29) is 29.2 Å². The molecule has 1 unspecified atom stereocenters. The Morgan fingerprint density at radius 1 is 1.10 bits per heavy atom. The molecule has 0 radical (unpaired) electrons. The molecule has 4 heterocycles. The fourth-order valence-electron chi connectivity index (χ4n) is 5.50. The number of amides is 1. The zero-order valence-electron chi connectivity index (χ0n) is 20.6. The van der Waals surface area contributed by atoms with Crippen molar-refractivity contribution < 1.29 is 31.1 Å². The number of halogens is 3. The Balaban J connectivity index is 1.43. The summed E-state index contributed by atoms with van der Waals surface area (Å²) in [4.78, 5) is 21.1.